The fourth-order valence-electron chi connectivity index (χ4n) is 8.54. The van der Waals surface area contributed by atoms with E-state index >= 15 is 0 Å². The summed E-state index contributed by atoms with van der Waals surface area (Å²) in [4.78, 5) is 133. The van der Waals surface area contributed by atoms with Crippen molar-refractivity contribution in [3.05, 3.63) is 34.9 Å². The van der Waals surface area contributed by atoms with Crippen LogP contribution in [0, 0.1) is 11.8 Å². The van der Waals surface area contributed by atoms with Crippen molar-refractivity contribution in [2.45, 2.75) is 200 Å². The summed E-state index contributed by atoms with van der Waals surface area (Å²) in [6, 6.07) is -0.275. The first kappa shape index (κ1) is 63.1. The zero-order chi connectivity index (χ0) is 55.8. The number of aliphatic carboxylic acids is 1. The van der Waals surface area contributed by atoms with Crippen molar-refractivity contribution in [3.63, 3.8) is 0 Å². The summed E-state index contributed by atoms with van der Waals surface area (Å²) in [5, 5.41) is 28.6. The number of carboxylic acids is 1. The predicted molar refractivity (Wildman–Crippen MR) is 277 cm³/mol. The van der Waals surface area contributed by atoms with Crippen molar-refractivity contribution in [3.8, 4) is 0 Å². The van der Waals surface area contributed by atoms with E-state index in [1.54, 1.807) is 45.0 Å². The number of hydrogen-bond acceptors (Lipinski definition) is 13. The Hall–Kier alpha value is -6.19. The second-order valence-electron chi connectivity index (χ2n) is 21.1. The highest BCUT2D eigenvalue weighted by Gasteiger charge is 2.38. The molecule has 75 heavy (non-hydrogen) atoms. The molecule has 6 atom stereocenters. The van der Waals surface area contributed by atoms with Gasteiger partial charge < -0.3 is 61.4 Å². The van der Waals surface area contributed by atoms with Gasteiger partial charge in [-0.15, -0.1) is 0 Å². The van der Waals surface area contributed by atoms with Crippen molar-refractivity contribution < 1.29 is 67.3 Å². The van der Waals surface area contributed by atoms with E-state index < -0.39 is 108 Å². The number of halogens is 1. The molecule has 1 saturated carbocycles. The molecule has 3 rings (SSSR count). The average Bonchev–Trinajstić information content (AvgIpc) is 3.82. The zero-order valence-corrected chi connectivity index (χ0v) is 45.6. The highest BCUT2D eigenvalue weighted by Crippen LogP contribution is 2.22. The number of nitrogens with zero attached hydrogens (tertiary/aromatic N) is 1. The van der Waals surface area contributed by atoms with Crippen molar-refractivity contribution in [2.75, 3.05) is 19.6 Å². The second kappa shape index (κ2) is 31.6. The van der Waals surface area contributed by atoms with Gasteiger partial charge in [-0.1, -0.05) is 63.9 Å². The minimum atomic E-state index is -1.40. The van der Waals surface area contributed by atoms with Gasteiger partial charge in [0, 0.05) is 30.1 Å². The normalized spacial score (nSPS) is 16.8. The topological polar surface area (TPSA) is 306 Å². The van der Waals surface area contributed by atoms with Crippen molar-refractivity contribution in [1.82, 2.24) is 42.1 Å². The SMILES string of the molecule is CC(C)C[C@H](NC(=O)[C@H](CC(C)C)NC(=O)[C@H](CCC(=O)OC1CCCCC1)NC(=O)CNC(=O)[C@@H]1CCCN1C(=O)[C@@H](C)NC(=O)OC(C)(C)C)C(=O)N[C@@H](CCCCNC(=O)OCc1ccccc1Cl)C(=O)O. The highest BCUT2D eigenvalue weighted by atomic mass is 35.5. The van der Waals surface area contributed by atoms with Gasteiger partial charge in [-0.05, 0) is 123 Å². The van der Waals surface area contributed by atoms with Gasteiger partial charge >= 0.3 is 24.1 Å². The molecule has 420 valence electrons. The number of alkyl carbamates (subject to hydrolysis) is 2. The second-order valence-corrected chi connectivity index (χ2v) is 21.5. The Bertz CT molecular complexity index is 2110. The predicted octanol–water partition coefficient (Wildman–Crippen LogP) is 4.53. The molecule has 0 unspecified atom stereocenters. The molecule has 0 spiro atoms. The fraction of sp³-hybridized carbons (Fsp3) is 0.692. The van der Waals surface area contributed by atoms with Crippen molar-refractivity contribution >= 4 is 71.2 Å². The third-order valence-electron chi connectivity index (χ3n) is 12.3. The fourth-order valence-corrected chi connectivity index (χ4v) is 8.73. The molecule has 23 heteroatoms. The summed E-state index contributed by atoms with van der Waals surface area (Å²) in [6.07, 6.45) is 3.62. The summed E-state index contributed by atoms with van der Waals surface area (Å²) >= 11 is 6.11. The minimum absolute atomic E-state index is 0.00383. The van der Waals surface area contributed by atoms with E-state index in [9.17, 15) is 53.1 Å². The number of carbonyl (C=O) groups excluding carboxylic acids is 9. The third kappa shape index (κ3) is 23.9. The number of unbranched alkanes of at least 4 members (excludes halogenated alkanes) is 1. The van der Waals surface area contributed by atoms with Crippen LogP contribution >= 0.6 is 11.6 Å². The summed E-state index contributed by atoms with van der Waals surface area (Å²) < 4.78 is 16.1. The first-order valence-electron chi connectivity index (χ1n) is 26.2. The molecule has 1 aromatic carbocycles. The number of hydrogen-bond donors (Lipinski definition) is 8. The summed E-state index contributed by atoms with van der Waals surface area (Å²) in [7, 11) is 0. The molecule has 0 radical (unpaired) electrons. The number of esters is 1. The van der Waals surface area contributed by atoms with Gasteiger partial charge in [0.25, 0.3) is 0 Å². The van der Waals surface area contributed by atoms with Crippen LogP contribution in [0.1, 0.15) is 151 Å². The Morgan fingerprint density at radius 2 is 1.31 bits per heavy atom. The number of nitrogens with one attached hydrogen (secondary N) is 7. The van der Waals surface area contributed by atoms with Crippen molar-refractivity contribution in [1.29, 1.82) is 0 Å². The number of carboxylic acid groups (broad SMARTS) is 1. The van der Waals surface area contributed by atoms with Gasteiger partial charge in [-0.3, -0.25) is 33.6 Å². The van der Waals surface area contributed by atoms with Crippen molar-refractivity contribution in [2.24, 2.45) is 11.8 Å². The first-order valence-corrected chi connectivity index (χ1v) is 26.6. The van der Waals surface area contributed by atoms with Crippen LogP contribution in [0.4, 0.5) is 9.59 Å². The zero-order valence-electron chi connectivity index (χ0n) is 44.8. The lowest BCUT2D eigenvalue weighted by Crippen LogP contribution is -2.58. The Labute approximate surface area is 445 Å². The molecule has 1 aliphatic heterocycles. The van der Waals surface area contributed by atoms with E-state index in [1.165, 1.54) is 11.8 Å². The van der Waals surface area contributed by atoms with Crippen LogP contribution in [0.2, 0.25) is 5.02 Å². The maximum Gasteiger partial charge on any atom is 0.408 e. The highest BCUT2D eigenvalue weighted by molar-refractivity contribution is 6.31. The van der Waals surface area contributed by atoms with Crippen LogP contribution < -0.4 is 37.2 Å². The van der Waals surface area contributed by atoms with Gasteiger partial charge in [0.15, 0.2) is 0 Å². The number of rotatable bonds is 28. The molecule has 2 aliphatic rings. The van der Waals surface area contributed by atoms with Crippen LogP contribution in [0.5, 0.6) is 0 Å². The van der Waals surface area contributed by atoms with E-state index in [-0.39, 0.29) is 76.2 Å². The lowest BCUT2D eigenvalue weighted by atomic mass is 9.98. The quantitative estimate of drug-likeness (QED) is 0.0325. The number of amides is 8. The van der Waals surface area contributed by atoms with Gasteiger partial charge in [-0.2, -0.15) is 0 Å². The summed E-state index contributed by atoms with van der Waals surface area (Å²) in [5.41, 5.74) is -0.172. The molecule has 1 aliphatic carbocycles. The molecule has 1 saturated heterocycles. The average molecular weight is 1080 g/mol. The monoisotopic (exact) mass is 1080 g/mol. The molecular weight excluding hydrogens is 996 g/mol. The lowest BCUT2D eigenvalue weighted by Gasteiger charge is -2.28. The van der Waals surface area contributed by atoms with Gasteiger partial charge in [-0.25, -0.2) is 14.4 Å². The molecule has 1 heterocycles. The van der Waals surface area contributed by atoms with E-state index in [0.29, 0.717) is 42.7 Å². The van der Waals surface area contributed by atoms with E-state index in [0.717, 1.165) is 19.3 Å². The molecule has 8 amide bonds. The molecule has 0 bridgehead atoms. The van der Waals surface area contributed by atoms with Crippen LogP contribution in [0.25, 0.3) is 0 Å². The van der Waals surface area contributed by atoms with Crippen LogP contribution in [0.3, 0.4) is 0 Å². The minimum Gasteiger partial charge on any atom is -0.480 e. The largest absolute Gasteiger partial charge is 0.480 e. The summed E-state index contributed by atoms with van der Waals surface area (Å²) in [5.74, 6) is -6.54. The number of likely N-dealkylation sites (tertiary alicyclic amines) is 1. The van der Waals surface area contributed by atoms with Gasteiger partial charge in [0.05, 0.1) is 6.54 Å². The van der Waals surface area contributed by atoms with Crippen LogP contribution in [-0.2, 0) is 59.2 Å². The molecule has 1 aromatic rings. The lowest BCUT2D eigenvalue weighted by molar-refractivity contribution is -0.151. The maximum absolute atomic E-state index is 14.2. The summed E-state index contributed by atoms with van der Waals surface area (Å²) in [6.45, 7) is 13.5. The third-order valence-corrected chi connectivity index (χ3v) is 12.7. The van der Waals surface area contributed by atoms with E-state index in [2.05, 4.69) is 37.2 Å². The van der Waals surface area contributed by atoms with E-state index in [4.69, 9.17) is 25.8 Å². The molecular formula is C52H81ClN8O14. The molecule has 8 N–H and O–H groups in total. The maximum atomic E-state index is 14.2. The molecule has 2 fully saturated rings. The first-order chi connectivity index (χ1) is 35.3. The number of benzene rings is 1. The Kier molecular flexibility index (Phi) is 26.6. The molecule has 0 aromatic heterocycles. The van der Waals surface area contributed by atoms with Gasteiger partial charge in [0.1, 0.15) is 54.6 Å². The number of ether oxygens (including phenoxy) is 3. The number of carbonyl (C=O) groups is 10. The smallest absolute Gasteiger partial charge is 0.408 e. The Morgan fingerprint density at radius 3 is 1.89 bits per heavy atom. The Balaban J connectivity index is 1.67. The standard InChI is InChI=1S/C52H81ClN8O14/c1-31(2)27-39(45(65)58-38(49(69)70)21-14-15-25-54-50(71)73-30-34-17-12-13-20-36(34)53)60-46(66)40(28-32(3)4)59-44(64)37(23-24-43(63)74-35-18-10-9-11-19-35)57-42(62)29-55-47(67)41-22-16-26-61(41)48(68)33(5)56-51(72)75-52(6,7)8/h12-13,17,20,31-33,35,37-41H,9-11,14-16,18-19,21-30H2,1-8H3,(H,54,71)(H,55,67)(H,56,72)(H,57,62)(H,58,65)(H,59,64)(H,60,66)(H,69,70)/t33-,37+,38+,39+,40+,41+/m1/s1. The van der Waals surface area contributed by atoms with Crippen LogP contribution in [-0.4, -0.2) is 137 Å². The van der Waals surface area contributed by atoms with Gasteiger partial charge in [0.2, 0.25) is 35.4 Å². The molecule has 22 nitrogen and oxygen atoms in total. The van der Waals surface area contributed by atoms with E-state index in [1.807, 2.05) is 27.7 Å². The van der Waals surface area contributed by atoms with Crippen LogP contribution in [0.15, 0.2) is 24.3 Å². The Morgan fingerprint density at radius 1 is 0.707 bits per heavy atom.